The van der Waals surface area contributed by atoms with Crippen molar-refractivity contribution in [1.82, 2.24) is 19.6 Å². The highest BCUT2D eigenvalue weighted by Crippen LogP contribution is 2.11. The molecule has 2 heterocycles. The number of carbonyl (C=O) groups is 1. The van der Waals surface area contributed by atoms with Crippen LogP contribution in [0.15, 0.2) is 49.1 Å². The average Bonchev–Trinajstić information content (AvgIpc) is 3.11. The molecule has 3 aromatic rings. The third kappa shape index (κ3) is 3.85. The average molecular weight is 309 g/mol. The number of carbonyl (C=O) groups excluding carboxylic acids is 1. The third-order valence-corrected chi connectivity index (χ3v) is 3.58. The molecule has 3 rings (SSSR count). The SMILES string of the molecule is Cc1cnn(CC(=O)Nc2cnn(Cc3ccccc3C)c2)c1. The lowest BCUT2D eigenvalue weighted by Crippen LogP contribution is -2.18. The first-order valence-electron chi connectivity index (χ1n) is 7.46. The predicted molar refractivity (Wildman–Crippen MR) is 88.1 cm³/mol. The van der Waals surface area contributed by atoms with Gasteiger partial charge < -0.3 is 5.32 Å². The Labute approximate surface area is 134 Å². The Morgan fingerprint density at radius 3 is 2.61 bits per heavy atom. The van der Waals surface area contributed by atoms with Crippen molar-refractivity contribution in [2.45, 2.75) is 26.9 Å². The van der Waals surface area contributed by atoms with Gasteiger partial charge in [0.2, 0.25) is 5.91 Å². The molecule has 0 spiro atoms. The fourth-order valence-corrected chi connectivity index (χ4v) is 2.38. The van der Waals surface area contributed by atoms with Gasteiger partial charge in [-0.15, -0.1) is 0 Å². The molecule has 6 heteroatoms. The normalized spacial score (nSPS) is 10.7. The Morgan fingerprint density at radius 2 is 1.87 bits per heavy atom. The molecule has 1 aromatic carbocycles. The minimum Gasteiger partial charge on any atom is -0.322 e. The second-order valence-electron chi connectivity index (χ2n) is 5.62. The van der Waals surface area contributed by atoms with Crippen LogP contribution in [0.1, 0.15) is 16.7 Å². The molecule has 0 aliphatic carbocycles. The quantitative estimate of drug-likeness (QED) is 0.787. The predicted octanol–water partition coefficient (Wildman–Crippen LogP) is 2.38. The van der Waals surface area contributed by atoms with Crippen molar-refractivity contribution < 1.29 is 4.79 Å². The summed E-state index contributed by atoms with van der Waals surface area (Å²) in [5, 5.41) is 11.2. The summed E-state index contributed by atoms with van der Waals surface area (Å²) in [6.07, 6.45) is 7.05. The second-order valence-corrected chi connectivity index (χ2v) is 5.62. The highest BCUT2D eigenvalue weighted by atomic mass is 16.2. The zero-order valence-electron chi connectivity index (χ0n) is 13.2. The van der Waals surface area contributed by atoms with Crippen molar-refractivity contribution in [2.75, 3.05) is 5.32 Å². The van der Waals surface area contributed by atoms with Gasteiger partial charge in [0.05, 0.1) is 24.6 Å². The summed E-state index contributed by atoms with van der Waals surface area (Å²) in [6, 6.07) is 8.19. The van der Waals surface area contributed by atoms with Crippen molar-refractivity contribution in [3.63, 3.8) is 0 Å². The number of hydrogen-bond acceptors (Lipinski definition) is 3. The number of amides is 1. The smallest absolute Gasteiger partial charge is 0.246 e. The van der Waals surface area contributed by atoms with E-state index in [9.17, 15) is 4.79 Å². The van der Waals surface area contributed by atoms with Crippen molar-refractivity contribution in [3.05, 3.63) is 65.7 Å². The molecule has 0 saturated carbocycles. The van der Waals surface area contributed by atoms with Crippen LogP contribution in [0.4, 0.5) is 5.69 Å². The Bertz CT molecular complexity index is 818. The van der Waals surface area contributed by atoms with Gasteiger partial charge in [-0.2, -0.15) is 10.2 Å². The highest BCUT2D eigenvalue weighted by molar-refractivity contribution is 5.90. The van der Waals surface area contributed by atoms with Crippen LogP contribution in [0.5, 0.6) is 0 Å². The summed E-state index contributed by atoms with van der Waals surface area (Å²) < 4.78 is 3.43. The Balaban J connectivity index is 1.61. The number of aromatic nitrogens is 4. The van der Waals surface area contributed by atoms with Gasteiger partial charge in [0.1, 0.15) is 6.54 Å². The summed E-state index contributed by atoms with van der Waals surface area (Å²) in [5.41, 5.74) is 4.15. The maximum absolute atomic E-state index is 12.0. The summed E-state index contributed by atoms with van der Waals surface area (Å²) in [4.78, 5) is 12.0. The Morgan fingerprint density at radius 1 is 1.09 bits per heavy atom. The summed E-state index contributed by atoms with van der Waals surface area (Å²) >= 11 is 0. The highest BCUT2D eigenvalue weighted by Gasteiger charge is 2.07. The lowest BCUT2D eigenvalue weighted by Gasteiger charge is -2.05. The van der Waals surface area contributed by atoms with E-state index in [0.29, 0.717) is 12.2 Å². The zero-order chi connectivity index (χ0) is 16.2. The molecule has 2 aromatic heterocycles. The molecule has 1 N–H and O–H groups in total. The maximum Gasteiger partial charge on any atom is 0.246 e. The molecule has 0 unspecified atom stereocenters. The number of nitrogens with one attached hydrogen (secondary N) is 1. The van der Waals surface area contributed by atoms with Crippen LogP contribution in [-0.2, 0) is 17.9 Å². The van der Waals surface area contributed by atoms with Crippen LogP contribution in [0, 0.1) is 13.8 Å². The van der Waals surface area contributed by atoms with Crippen LogP contribution in [0.25, 0.3) is 0 Å². The molecule has 6 nitrogen and oxygen atoms in total. The van der Waals surface area contributed by atoms with Crippen molar-refractivity contribution in [3.8, 4) is 0 Å². The van der Waals surface area contributed by atoms with E-state index in [1.54, 1.807) is 17.1 Å². The molecule has 0 aliphatic rings. The summed E-state index contributed by atoms with van der Waals surface area (Å²) in [6.45, 7) is 4.89. The first-order valence-corrected chi connectivity index (χ1v) is 7.46. The van der Waals surface area contributed by atoms with E-state index in [1.807, 2.05) is 36.1 Å². The van der Waals surface area contributed by atoms with Gasteiger partial charge in [0, 0.05) is 12.4 Å². The Hall–Kier alpha value is -2.89. The number of hydrogen-bond donors (Lipinski definition) is 1. The summed E-state index contributed by atoms with van der Waals surface area (Å²) in [5.74, 6) is -0.122. The second kappa shape index (κ2) is 6.48. The molecular weight excluding hydrogens is 290 g/mol. The number of aryl methyl sites for hydroxylation is 2. The molecule has 118 valence electrons. The van der Waals surface area contributed by atoms with Gasteiger partial charge in [-0.05, 0) is 30.5 Å². The van der Waals surface area contributed by atoms with Crippen LogP contribution < -0.4 is 5.32 Å². The standard InChI is InChI=1S/C17H19N5O/c1-13-7-18-21(9-13)12-17(23)20-16-8-19-22(11-16)10-15-6-4-3-5-14(15)2/h3-9,11H,10,12H2,1-2H3,(H,20,23). The third-order valence-electron chi connectivity index (χ3n) is 3.58. The van der Waals surface area contributed by atoms with Gasteiger partial charge in [0.15, 0.2) is 0 Å². The van der Waals surface area contributed by atoms with E-state index >= 15 is 0 Å². The largest absolute Gasteiger partial charge is 0.322 e. The molecule has 0 radical (unpaired) electrons. The molecule has 1 amide bonds. The van der Waals surface area contributed by atoms with Crippen molar-refractivity contribution in [1.29, 1.82) is 0 Å². The first-order chi connectivity index (χ1) is 11.1. The Kier molecular flexibility index (Phi) is 4.23. The number of nitrogens with zero attached hydrogens (tertiary/aromatic N) is 4. The number of benzene rings is 1. The van der Waals surface area contributed by atoms with Gasteiger partial charge >= 0.3 is 0 Å². The maximum atomic E-state index is 12.0. The number of rotatable bonds is 5. The van der Waals surface area contributed by atoms with Crippen LogP contribution in [0.2, 0.25) is 0 Å². The van der Waals surface area contributed by atoms with E-state index in [0.717, 1.165) is 5.56 Å². The van der Waals surface area contributed by atoms with Crippen LogP contribution >= 0.6 is 0 Å². The molecule has 0 fully saturated rings. The van der Waals surface area contributed by atoms with Gasteiger partial charge in [-0.1, -0.05) is 24.3 Å². The first kappa shape index (κ1) is 15.0. The zero-order valence-corrected chi connectivity index (χ0v) is 13.2. The molecule has 0 atom stereocenters. The minimum absolute atomic E-state index is 0.122. The molecule has 23 heavy (non-hydrogen) atoms. The van der Waals surface area contributed by atoms with E-state index in [2.05, 4.69) is 34.6 Å². The van der Waals surface area contributed by atoms with E-state index in [4.69, 9.17) is 0 Å². The monoisotopic (exact) mass is 309 g/mol. The molecular formula is C17H19N5O. The lowest BCUT2D eigenvalue weighted by atomic mass is 10.1. The molecule has 0 aliphatic heterocycles. The topological polar surface area (TPSA) is 64.7 Å². The lowest BCUT2D eigenvalue weighted by molar-refractivity contribution is -0.116. The van der Waals surface area contributed by atoms with Gasteiger partial charge in [-0.3, -0.25) is 14.2 Å². The minimum atomic E-state index is -0.122. The van der Waals surface area contributed by atoms with Gasteiger partial charge in [-0.25, -0.2) is 0 Å². The van der Waals surface area contributed by atoms with Crippen LogP contribution in [-0.4, -0.2) is 25.5 Å². The van der Waals surface area contributed by atoms with Gasteiger partial charge in [0.25, 0.3) is 0 Å². The van der Waals surface area contributed by atoms with Crippen LogP contribution in [0.3, 0.4) is 0 Å². The molecule has 0 saturated heterocycles. The fourth-order valence-electron chi connectivity index (χ4n) is 2.38. The summed E-state index contributed by atoms with van der Waals surface area (Å²) in [7, 11) is 0. The van der Waals surface area contributed by atoms with Crippen molar-refractivity contribution in [2.24, 2.45) is 0 Å². The molecule has 0 bridgehead atoms. The number of anilines is 1. The van der Waals surface area contributed by atoms with Crippen molar-refractivity contribution >= 4 is 11.6 Å². The fraction of sp³-hybridized carbons (Fsp3) is 0.235. The van der Waals surface area contributed by atoms with E-state index in [-0.39, 0.29) is 12.5 Å². The van der Waals surface area contributed by atoms with E-state index in [1.165, 1.54) is 11.1 Å². The van der Waals surface area contributed by atoms with E-state index < -0.39 is 0 Å².